The highest BCUT2D eigenvalue weighted by atomic mass is 32.2. The van der Waals surface area contributed by atoms with Crippen LogP contribution in [0.3, 0.4) is 0 Å². The van der Waals surface area contributed by atoms with E-state index in [2.05, 4.69) is 15.7 Å². The van der Waals surface area contributed by atoms with Crippen molar-refractivity contribution in [2.24, 2.45) is 0 Å². The number of hydrogen-bond acceptors (Lipinski definition) is 1. The summed E-state index contributed by atoms with van der Waals surface area (Å²) in [4.78, 5) is 2.10. The molecule has 0 rings (SSSR count). The lowest BCUT2D eigenvalue weighted by molar-refractivity contribution is -0.466. The van der Waals surface area contributed by atoms with E-state index in [1.54, 1.807) is 11.8 Å². The maximum atomic E-state index is 2.10. The van der Waals surface area contributed by atoms with Crippen LogP contribution in [0.25, 0.3) is 0 Å². The van der Waals surface area contributed by atoms with Crippen LogP contribution >= 0.6 is 11.8 Å². The average molecular weight is 147 g/mol. The molecule has 0 aliphatic carbocycles. The second kappa shape index (κ2) is 3.77. The molecule has 0 fully saturated rings. The van der Waals surface area contributed by atoms with Crippen molar-refractivity contribution in [1.82, 2.24) is 4.90 Å². The van der Waals surface area contributed by atoms with Crippen molar-refractivity contribution in [3.05, 3.63) is 0 Å². The first-order valence-electron chi connectivity index (χ1n) is 2.85. The fourth-order valence-corrected chi connectivity index (χ4v) is 1.50. The zero-order chi connectivity index (χ0) is 7.44. The van der Waals surface area contributed by atoms with Crippen LogP contribution in [0.1, 0.15) is 0 Å². The van der Waals surface area contributed by atoms with Gasteiger partial charge in [0.05, 0.1) is 28.2 Å². The maximum absolute atomic E-state index is 2.10. The fraction of sp³-hybridized carbons (Fsp3) is 0.833. The van der Waals surface area contributed by atoms with E-state index in [4.69, 9.17) is 0 Å². The summed E-state index contributed by atoms with van der Waals surface area (Å²) in [5.74, 6) is 0. The number of hydrogen-bond donors (Lipinski definition) is 0. The van der Waals surface area contributed by atoms with Crippen molar-refractivity contribution in [3.63, 3.8) is 0 Å². The molecule has 0 aromatic carbocycles. The van der Waals surface area contributed by atoms with Crippen molar-refractivity contribution in [1.29, 1.82) is 0 Å². The van der Waals surface area contributed by atoms with Gasteiger partial charge >= 0.3 is 5.17 Å². The minimum Gasteiger partial charge on any atom is -0.262 e. The maximum Gasteiger partial charge on any atom is 0.307 e. The summed E-state index contributed by atoms with van der Waals surface area (Å²) in [7, 11) is 8.19. The van der Waals surface area contributed by atoms with Gasteiger partial charge in [0.15, 0.2) is 0 Å². The van der Waals surface area contributed by atoms with Crippen LogP contribution in [0.4, 0.5) is 0 Å². The molecule has 0 spiro atoms. The summed E-state index contributed by atoms with van der Waals surface area (Å²) in [5, 5.41) is 1.27. The molecule has 0 atom stereocenters. The van der Waals surface area contributed by atoms with E-state index in [9.17, 15) is 0 Å². The molecule has 0 amide bonds. The average Bonchev–Trinajstić information content (AvgIpc) is 1.64. The molecule has 0 heterocycles. The van der Waals surface area contributed by atoms with Gasteiger partial charge < -0.3 is 0 Å². The van der Waals surface area contributed by atoms with E-state index in [-0.39, 0.29) is 0 Å². The third kappa shape index (κ3) is 2.75. The Labute approximate surface area is 61.6 Å². The molecule has 0 aliphatic rings. The lowest BCUT2D eigenvalue weighted by Crippen LogP contribution is -2.26. The number of thioether (sulfide) groups is 1. The zero-order valence-corrected chi connectivity index (χ0v) is 7.62. The monoisotopic (exact) mass is 147 g/mol. The Morgan fingerprint density at radius 3 is 1.78 bits per heavy atom. The van der Waals surface area contributed by atoms with Gasteiger partial charge in [0.2, 0.25) is 0 Å². The quantitative estimate of drug-likeness (QED) is 0.280. The van der Waals surface area contributed by atoms with E-state index in [1.165, 1.54) is 5.17 Å². The Morgan fingerprint density at radius 2 is 1.78 bits per heavy atom. The van der Waals surface area contributed by atoms with Crippen molar-refractivity contribution >= 4 is 16.9 Å². The van der Waals surface area contributed by atoms with Crippen LogP contribution in [-0.4, -0.2) is 49.1 Å². The van der Waals surface area contributed by atoms with Gasteiger partial charge in [0.25, 0.3) is 0 Å². The molecule has 9 heavy (non-hydrogen) atoms. The Hall–Kier alpha value is -0.180. The Kier molecular flexibility index (Phi) is 3.70. The van der Waals surface area contributed by atoms with Crippen LogP contribution in [-0.2, 0) is 0 Å². The van der Waals surface area contributed by atoms with Crippen LogP contribution in [0.2, 0.25) is 0 Å². The molecule has 0 aromatic heterocycles. The molecular formula is C6H15N2S+. The van der Waals surface area contributed by atoms with Crippen molar-refractivity contribution in [2.75, 3.05) is 34.4 Å². The van der Waals surface area contributed by atoms with Gasteiger partial charge in [-0.3, -0.25) is 9.48 Å². The summed E-state index contributed by atoms with van der Waals surface area (Å²) in [6.07, 6.45) is 2.08. The Bertz CT molecular complexity index is 114. The molecule has 3 heteroatoms. The highest BCUT2D eigenvalue weighted by Crippen LogP contribution is 1.97. The third-order valence-electron chi connectivity index (χ3n) is 0.948. The number of rotatable bonds is 0. The van der Waals surface area contributed by atoms with Gasteiger partial charge in [-0.25, -0.2) is 0 Å². The SMILES string of the molecule is CSC(N(C)C)=[N+](C)C. The van der Waals surface area contributed by atoms with Crippen LogP contribution in [0, 0.1) is 0 Å². The highest BCUT2D eigenvalue weighted by molar-refractivity contribution is 8.12. The summed E-state index contributed by atoms with van der Waals surface area (Å²) in [6, 6.07) is 0. The Morgan fingerprint density at radius 1 is 1.33 bits per heavy atom. The topological polar surface area (TPSA) is 6.25 Å². The van der Waals surface area contributed by atoms with Crippen LogP contribution in [0.15, 0.2) is 0 Å². The lowest BCUT2D eigenvalue weighted by atomic mass is 10.9. The molecule has 0 radical (unpaired) electrons. The summed E-state index contributed by atoms with van der Waals surface area (Å²) < 4.78 is 2.10. The number of nitrogens with zero attached hydrogens (tertiary/aromatic N) is 2. The number of amidine groups is 1. The minimum atomic E-state index is 1.27. The van der Waals surface area contributed by atoms with Gasteiger partial charge in [-0.1, -0.05) is 0 Å². The first-order chi connectivity index (χ1) is 4.09. The van der Waals surface area contributed by atoms with E-state index in [0.29, 0.717) is 0 Å². The van der Waals surface area contributed by atoms with E-state index >= 15 is 0 Å². The molecule has 0 aromatic rings. The second-order valence-electron chi connectivity index (χ2n) is 2.28. The predicted molar refractivity (Wildman–Crippen MR) is 44.3 cm³/mol. The zero-order valence-electron chi connectivity index (χ0n) is 6.80. The molecule has 0 N–H and O–H groups in total. The normalized spacial score (nSPS) is 9.00. The largest absolute Gasteiger partial charge is 0.307 e. The molecule has 0 saturated heterocycles. The third-order valence-corrected chi connectivity index (χ3v) is 2.04. The lowest BCUT2D eigenvalue weighted by Gasteiger charge is -2.07. The van der Waals surface area contributed by atoms with Gasteiger partial charge in [0, 0.05) is 0 Å². The Balaban J connectivity index is 4.16. The predicted octanol–water partition coefficient (Wildman–Crippen LogP) is 0.539. The van der Waals surface area contributed by atoms with Crippen LogP contribution in [0.5, 0.6) is 0 Å². The summed E-state index contributed by atoms with van der Waals surface area (Å²) >= 11 is 1.75. The smallest absolute Gasteiger partial charge is 0.262 e. The second-order valence-corrected chi connectivity index (χ2v) is 3.05. The molecule has 2 nitrogen and oxygen atoms in total. The van der Waals surface area contributed by atoms with Crippen molar-refractivity contribution in [2.45, 2.75) is 0 Å². The van der Waals surface area contributed by atoms with Crippen molar-refractivity contribution in [3.8, 4) is 0 Å². The summed E-state index contributed by atoms with van der Waals surface area (Å²) in [5.41, 5.74) is 0. The van der Waals surface area contributed by atoms with Gasteiger partial charge in [-0.2, -0.15) is 0 Å². The molecule has 0 bridgehead atoms. The highest BCUT2D eigenvalue weighted by Gasteiger charge is 2.07. The van der Waals surface area contributed by atoms with E-state index in [1.807, 2.05) is 28.2 Å². The van der Waals surface area contributed by atoms with Crippen LogP contribution < -0.4 is 0 Å². The molecular weight excluding hydrogens is 132 g/mol. The summed E-state index contributed by atoms with van der Waals surface area (Å²) in [6.45, 7) is 0. The van der Waals surface area contributed by atoms with E-state index < -0.39 is 0 Å². The standard InChI is InChI=1S/C6H15N2S/c1-7(2)6(9-5)8(3)4/h1-5H3/q+1. The molecule has 54 valence electrons. The molecule has 0 saturated carbocycles. The fourth-order valence-electron chi connectivity index (χ4n) is 0.765. The molecule has 0 unspecified atom stereocenters. The van der Waals surface area contributed by atoms with Gasteiger partial charge in [-0.15, -0.1) is 0 Å². The van der Waals surface area contributed by atoms with Gasteiger partial charge in [0.1, 0.15) is 0 Å². The molecule has 0 aliphatic heterocycles. The van der Waals surface area contributed by atoms with Crippen molar-refractivity contribution < 1.29 is 4.58 Å². The van der Waals surface area contributed by atoms with Gasteiger partial charge in [-0.05, 0) is 18.0 Å². The first kappa shape index (κ1) is 8.82. The van der Waals surface area contributed by atoms with E-state index in [0.717, 1.165) is 0 Å². The minimum absolute atomic E-state index is 1.27. The first-order valence-corrected chi connectivity index (χ1v) is 4.07.